The van der Waals surface area contributed by atoms with Gasteiger partial charge in [-0.25, -0.2) is 4.98 Å². The third kappa shape index (κ3) is 3.03. The third-order valence-electron chi connectivity index (χ3n) is 3.42. The average Bonchev–Trinajstić information content (AvgIpc) is 2.79. The summed E-state index contributed by atoms with van der Waals surface area (Å²) < 4.78 is 2.14. The maximum Gasteiger partial charge on any atom is 0.313 e. The van der Waals surface area contributed by atoms with Crippen LogP contribution in [0.1, 0.15) is 40.0 Å². The van der Waals surface area contributed by atoms with Crippen LogP contribution < -0.4 is 0 Å². The molecule has 0 fully saturated rings. The first kappa shape index (κ1) is 14.1. The number of nitrogens with zero attached hydrogens (tertiary/aromatic N) is 2. The molecule has 17 heavy (non-hydrogen) atoms. The van der Waals surface area contributed by atoms with Gasteiger partial charge in [0, 0.05) is 17.9 Å². The molecular formula is C12H20N2O2S. The molecule has 0 saturated heterocycles. The van der Waals surface area contributed by atoms with E-state index in [2.05, 4.69) is 30.3 Å². The largest absolute Gasteiger partial charge is 0.481 e. The molecule has 0 aliphatic rings. The van der Waals surface area contributed by atoms with Gasteiger partial charge in [0.15, 0.2) is 5.16 Å². The Morgan fingerprint density at radius 2 is 2.00 bits per heavy atom. The fourth-order valence-electron chi connectivity index (χ4n) is 2.14. The minimum atomic E-state index is -0.806. The SMILES string of the molecule is CCC(CC)(CC)n1ccnc1SCC(=O)O. The van der Waals surface area contributed by atoms with Gasteiger partial charge in [-0.3, -0.25) is 4.79 Å². The van der Waals surface area contributed by atoms with Crippen molar-refractivity contribution in [1.82, 2.24) is 9.55 Å². The lowest BCUT2D eigenvalue weighted by Crippen LogP contribution is -2.31. The van der Waals surface area contributed by atoms with E-state index in [-0.39, 0.29) is 11.3 Å². The van der Waals surface area contributed by atoms with Gasteiger partial charge >= 0.3 is 5.97 Å². The number of carboxylic acids is 1. The summed E-state index contributed by atoms with van der Waals surface area (Å²) in [5.74, 6) is -0.746. The summed E-state index contributed by atoms with van der Waals surface area (Å²) in [6, 6.07) is 0. The molecule has 1 aromatic rings. The topological polar surface area (TPSA) is 55.1 Å². The van der Waals surface area contributed by atoms with Gasteiger partial charge in [-0.2, -0.15) is 0 Å². The van der Waals surface area contributed by atoms with E-state index in [0.29, 0.717) is 0 Å². The van der Waals surface area contributed by atoms with Crippen molar-refractivity contribution < 1.29 is 9.90 Å². The van der Waals surface area contributed by atoms with E-state index in [4.69, 9.17) is 5.11 Å². The van der Waals surface area contributed by atoms with Crippen LogP contribution in [0.4, 0.5) is 0 Å². The quantitative estimate of drug-likeness (QED) is 0.762. The molecule has 0 radical (unpaired) electrons. The molecule has 0 aliphatic carbocycles. The monoisotopic (exact) mass is 256 g/mol. The normalized spacial score (nSPS) is 11.7. The van der Waals surface area contributed by atoms with Crippen molar-refractivity contribution >= 4 is 17.7 Å². The Hall–Kier alpha value is -0.970. The highest BCUT2D eigenvalue weighted by atomic mass is 32.2. The summed E-state index contributed by atoms with van der Waals surface area (Å²) in [6.07, 6.45) is 6.78. The van der Waals surface area contributed by atoms with Crippen LogP contribution in [0.5, 0.6) is 0 Å². The zero-order valence-corrected chi connectivity index (χ0v) is 11.5. The molecule has 0 spiro atoms. The number of hydrogen-bond donors (Lipinski definition) is 1. The van der Waals surface area contributed by atoms with Crippen LogP contribution in [-0.2, 0) is 10.3 Å². The Morgan fingerprint density at radius 3 is 2.47 bits per heavy atom. The summed E-state index contributed by atoms with van der Waals surface area (Å²) in [5, 5.41) is 9.52. The van der Waals surface area contributed by atoms with E-state index in [9.17, 15) is 4.79 Å². The van der Waals surface area contributed by atoms with Crippen molar-refractivity contribution in [2.75, 3.05) is 5.75 Å². The third-order valence-corrected chi connectivity index (χ3v) is 4.37. The minimum absolute atomic E-state index is 0.0598. The van der Waals surface area contributed by atoms with Gasteiger partial charge in [0.2, 0.25) is 0 Å². The first-order chi connectivity index (χ1) is 8.09. The van der Waals surface area contributed by atoms with Crippen LogP contribution in [0.25, 0.3) is 0 Å². The lowest BCUT2D eigenvalue weighted by Gasteiger charge is -2.33. The Morgan fingerprint density at radius 1 is 1.41 bits per heavy atom. The highest BCUT2D eigenvalue weighted by Gasteiger charge is 2.28. The second-order valence-corrected chi connectivity index (χ2v) is 4.99. The van der Waals surface area contributed by atoms with Crippen LogP contribution in [0.15, 0.2) is 17.6 Å². The fraction of sp³-hybridized carbons (Fsp3) is 0.667. The maximum absolute atomic E-state index is 10.6. The molecular weight excluding hydrogens is 236 g/mol. The molecule has 96 valence electrons. The van der Waals surface area contributed by atoms with Gasteiger partial charge in [0.1, 0.15) is 0 Å². The van der Waals surface area contributed by atoms with Crippen molar-refractivity contribution in [3.8, 4) is 0 Å². The average molecular weight is 256 g/mol. The number of aliphatic carboxylic acids is 1. The van der Waals surface area contributed by atoms with Crippen molar-refractivity contribution in [1.29, 1.82) is 0 Å². The molecule has 1 heterocycles. The zero-order valence-electron chi connectivity index (χ0n) is 10.6. The van der Waals surface area contributed by atoms with E-state index in [1.54, 1.807) is 6.20 Å². The summed E-state index contributed by atoms with van der Waals surface area (Å²) in [5.41, 5.74) is 0.0668. The molecule has 0 amide bonds. The predicted octanol–water partition coefficient (Wildman–Crippen LogP) is 2.99. The summed E-state index contributed by atoms with van der Waals surface area (Å²) in [6.45, 7) is 6.50. The molecule has 0 atom stereocenters. The van der Waals surface area contributed by atoms with Gasteiger partial charge in [-0.05, 0) is 19.3 Å². The Bertz CT molecular complexity index is 364. The van der Waals surface area contributed by atoms with Crippen LogP contribution in [0.2, 0.25) is 0 Å². The Labute approximate surface area is 106 Å². The number of carbonyl (C=O) groups is 1. The fourth-order valence-corrected chi connectivity index (χ4v) is 2.93. The maximum atomic E-state index is 10.6. The summed E-state index contributed by atoms with van der Waals surface area (Å²) >= 11 is 1.29. The van der Waals surface area contributed by atoms with E-state index < -0.39 is 5.97 Å². The number of imidazole rings is 1. The zero-order chi connectivity index (χ0) is 12.9. The highest BCUT2D eigenvalue weighted by Crippen LogP contribution is 2.33. The molecule has 0 saturated carbocycles. The Balaban J connectivity index is 2.96. The van der Waals surface area contributed by atoms with Crippen molar-refractivity contribution in [2.24, 2.45) is 0 Å². The molecule has 4 nitrogen and oxygen atoms in total. The Kier molecular flexibility index (Phi) is 5.05. The van der Waals surface area contributed by atoms with Crippen molar-refractivity contribution in [3.63, 3.8) is 0 Å². The van der Waals surface area contributed by atoms with Crippen LogP contribution in [0, 0.1) is 0 Å². The van der Waals surface area contributed by atoms with Crippen LogP contribution >= 0.6 is 11.8 Å². The molecule has 0 bridgehead atoms. The lowest BCUT2D eigenvalue weighted by molar-refractivity contribution is -0.133. The van der Waals surface area contributed by atoms with Crippen LogP contribution in [0.3, 0.4) is 0 Å². The highest BCUT2D eigenvalue weighted by molar-refractivity contribution is 7.99. The van der Waals surface area contributed by atoms with E-state index in [1.165, 1.54) is 11.8 Å². The van der Waals surface area contributed by atoms with Gasteiger partial charge in [0.05, 0.1) is 5.75 Å². The molecule has 0 aliphatic heterocycles. The standard InChI is InChI=1S/C12H20N2O2S/c1-4-12(5-2,6-3)14-8-7-13-11(14)17-9-10(15)16/h7-8H,4-6,9H2,1-3H3,(H,15,16). The molecule has 0 unspecified atom stereocenters. The second-order valence-electron chi connectivity index (χ2n) is 4.05. The number of hydrogen-bond acceptors (Lipinski definition) is 3. The molecule has 5 heteroatoms. The first-order valence-electron chi connectivity index (χ1n) is 5.98. The second kappa shape index (κ2) is 6.10. The molecule has 1 N–H and O–H groups in total. The van der Waals surface area contributed by atoms with Gasteiger partial charge in [0.25, 0.3) is 0 Å². The number of carboxylic acid groups (broad SMARTS) is 1. The molecule has 0 aromatic carbocycles. The van der Waals surface area contributed by atoms with Crippen molar-refractivity contribution in [3.05, 3.63) is 12.4 Å². The van der Waals surface area contributed by atoms with Gasteiger partial charge < -0.3 is 9.67 Å². The number of thioether (sulfide) groups is 1. The van der Waals surface area contributed by atoms with Gasteiger partial charge in [-0.1, -0.05) is 32.5 Å². The van der Waals surface area contributed by atoms with Crippen molar-refractivity contribution in [2.45, 2.75) is 50.7 Å². The summed E-state index contributed by atoms with van der Waals surface area (Å²) in [7, 11) is 0. The predicted molar refractivity (Wildman–Crippen MR) is 69.4 cm³/mol. The molecule has 1 rings (SSSR count). The smallest absolute Gasteiger partial charge is 0.313 e. The molecule has 1 aromatic heterocycles. The van der Waals surface area contributed by atoms with E-state index in [1.807, 2.05) is 6.20 Å². The van der Waals surface area contributed by atoms with E-state index in [0.717, 1.165) is 24.4 Å². The number of aromatic nitrogens is 2. The van der Waals surface area contributed by atoms with Crippen LogP contribution in [-0.4, -0.2) is 26.4 Å². The first-order valence-corrected chi connectivity index (χ1v) is 6.96. The van der Waals surface area contributed by atoms with E-state index >= 15 is 0 Å². The lowest BCUT2D eigenvalue weighted by atomic mass is 9.90. The summed E-state index contributed by atoms with van der Waals surface area (Å²) in [4.78, 5) is 14.9. The number of rotatable bonds is 7. The van der Waals surface area contributed by atoms with Gasteiger partial charge in [-0.15, -0.1) is 0 Å². The minimum Gasteiger partial charge on any atom is -0.481 e.